The van der Waals surface area contributed by atoms with Crippen molar-refractivity contribution in [1.82, 2.24) is 29.6 Å². The molecule has 0 bridgehead atoms. The summed E-state index contributed by atoms with van der Waals surface area (Å²) >= 11 is 0. The van der Waals surface area contributed by atoms with Crippen LogP contribution < -0.4 is 14.5 Å². The fraction of sp³-hybridized carbons (Fsp3) is 0.259. The summed E-state index contributed by atoms with van der Waals surface area (Å²) in [6, 6.07) is 13.2. The Balaban J connectivity index is 1.29. The topological polar surface area (TPSA) is 131 Å². The molecule has 1 saturated carbocycles. The van der Waals surface area contributed by atoms with Gasteiger partial charge in [-0.2, -0.15) is 10.4 Å². The van der Waals surface area contributed by atoms with E-state index in [0.717, 1.165) is 24.0 Å². The average Bonchev–Trinajstić information content (AvgIpc) is 3.69. The van der Waals surface area contributed by atoms with Crippen molar-refractivity contribution in [1.29, 1.82) is 5.26 Å². The van der Waals surface area contributed by atoms with Gasteiger partial charge in [0.05, 0.1) is 24.5 Å². The average molecular weight is 541 g/mol. The molecule has 2 aromatic heterocycles. The van der Waals surface area contributed by atoms with Gasteiger partial charge >= 0.3 is 0 Å². The Hall–Kier alpha value is -4.76. The number of methoxy groups -OCH3 is 1. The molecule has 12 heteroatoms. The van der Waals surface area contributed by atoms with Crippen LogP contribution in [0, 0.1) is 11.3 Å². The van der Waals surface area contributed by atoms with Crippen LogP contribution in [-0.4, -0.2) is 64.8 Å². The van der Waals surface area contributed by atoms with Gasteiger partial charge in [-0.1, -0.05) is 6.07 Å². The molecule has 0 unspecified atom stereocenters. The molecule has 2 aromatic carbocycles. The summed E-state index contributed by atoms with van der Waals surface area (Å²) in [4.78, 5) is 27.4. The zero-order valence-electron chi connectivity index (χ0n) is 21.9. The van der Waals surface area contributed by atoms with E-state index in [1.54, 1.807) is 59.7 Å². The minimum atomic E-state index is -1.72. The number of nitriles is 1. The van der Waals surface area contributed by atoms with Crippen LogP contribution in [0.2, 0.25) is 6.55 Å². The van der Waals surface area contributed by atoms with Gasteiger partial charge in [0.1, 0.15) is 30.2 Å². The maximum Gasteiger partial charge on any atom is 0.253 e. The Morgan fingerprint density at radius 1 is 1.18 bits per heavy atom. The van der Waals surface area contributed by atoms with Gasteiger partial charge in [0.15, 0.2) is 0 Å². The monoisotopic (exact) mass is 540 g/mol. The minimum Gasteiger partial charge on any atom is -0.544 e. The summed E-state index contributed by atoms with van der Waals surface area (Å²) in [6.45, 7) is 2.04. The van der Waals surface area contributed by atoms with Gasteiger partial charge in [-0.3, -0.25) is 9.48 Å². The Morgan fingerprint density at radius 3 is 2.64 bits per heavy atom. The summed E-state index contributed by atoms with van der Waals surface area (Å²) in [5, 5.41) is 16.9. The van der Waals surface area contributed by atoms with E-state index < -0.39 is 9.04 Å². The fourth-order valence-electron chi connectivity index (χ4n) is 4.16. The molecule has 39 heavy (non-hydrogen) atoms. The van der Waals surface area contributed by atoms with Gasteiger partial charge in [0.25, 0.3) is 14.9 Å². The van der Waals surface area contributed by atoms with Gasteiger partial charge < -0.3 is 19.4 Å². The Morgan fingerprint density at radius 2 is 1.97 bits per heavy atom. The van der Waals surface area contributed by atoms with Crippen LogP contribution in [-0.2, 0) is 6.17 Å². The highest BCUT2D eigenvalue weighted by Gasteiger charge is 2.30. The quantitative estimate of drug-likeness (QED) is 0.300. The molecule has 0 spiro atoms. The standard InChI is InChI=1S/C27H28N8O3Si/c1-34(22-7-8-22)26(36)19-6-9-23(25(11-19)37-2)33-27-30-13-21(14-31-27)18-4-5-20(12-28)24(10-18)38-39(3)17-35-16-29-15-32-35/h4-6,9-11,13-16,22,39H,7-8,17H2,1-3H3,(H,30,31,33)/t39-/m0/s1. The molecule has 1 aliphatic rings. The van der Waals surface area contributed by atoms with E-state index in [9.17, 15) is 10.1 Å². The first kappa shape index (κ1) is 25.9. The number of amides is 1. The van der Waals surface area contributed by atoms with Gasteiger partial charge in [-0.25, -0.2) is 15.0 Å². The number of nitrogens with zero attached hydrogens (tertiary/aromatic N) is 7. The molecule has 198 valence electrons. The van der Waals surface area contributed by atoms with Crippen LogP contribution >= 0.6 is 0 Å². The van der Waals surface area contributed by atoms with Crippen LogP contribution in [0.25, 0.3) is 11.1 Å². The SMILES string of the molecule is COc1cc(C(=O)N(C)C2CC2)ccc1Nc1ncc(-c2ccc(C#N)c(O[Si@@H](C)Cn3cncn3)c2)cn1. The van der Waals surface area contributed by atoms with Crippen LogP contribution in [0.4, 0.5) is 11.6 Å². The molecule has 1 aliphatic carbocycles. The molecule has 1 fully saturated rings. The number of carbonyl (C=O) groups excluding carboxylic acids is 1. The predicted molar refractivity (Wildman–Crippen MR) is 147 cm³/mol. The first-order chi connectivity index (χ1) is 18.9. The fourth-order valence-corrected chi connectivity index (χ4v) is 5.58. The number of anilines is 2. The summed E-state index contributed by atoms with van der Waals surface area (Å²) in [5.41, 5.74) is 3.29. The van der Waals surface area contributed by atoms with Gasteiger partial charge in [-0.05, 0) is 55.3 Å². The molecule has 2 heterocycles. The van der Waals surface area contributed by atoms with E-state index in [4.69, 9.17) is 9.16 Å². The van der Waals surface area contributed by atoms with E-state index in [-0.39, 0.29) is 5.91 Å². The van der Waals surface area contributed by atoms with Crippen LogP contribution in [0.15, 0.2) is 61.4 Å². The van der Waals surface area contributed by atoms with Crippen LogP contribution in [0.3, 0.4) is 0 Å². The molecule has 4 aromatic rings. The highest BCUT2D eigenvalue weighted by atomic mass is 28.3. The predicted octanol–water partition coefficient (Wildman–Crippen LogP) is 3.57. The van der Waals surface area contributed by atoms with Crippen LogP contribution in [0.1, 0.15) is 28.8 Å². The smallest absolute Gasteiger partial charge is 0.253 e. The zero-order valence-corrected chi connectivity index (χ0v) is 23.1. The van der Waals surface area contributed by atoms with Crippen molar-refractivity contribution in [3.05, 3.63) is 72.6 Å². The summed E-state index contributed by atoms with van der Waals surface area (Å²) in [7, 11) is 1.67. The Kier molecular flexibility index (Phi) is 7.51. The van der Waals surface area contributed by atoms with Gasteiger partial charge in [0, 0.05) is 36.6 Å². The van der Waals surface area contributed by atoms with Gasteiger partial charge in [-0.15, -0.1) is 0 Å². The highest BCUT2D eigenvalue weighted by Crippen LogP contribution is 2.32. The lowest BCUT2D eigenvalue weighted by molar-refractivity contribution is 0.0784. The highest BCUT2D eigenvalue weighted by molar-refractivity contribution is 6.49. The Bertz CT molecular complexity index is 1500. The van der Waals surface area contributed by atoms with E-state index in [1.807, 2.05) is 25.7 Å². The second-order valence-electron chi connectivity index (χ2n) is 9.35. The molecule has 0 saturated heterocycles. The Labute approximate surface area is 227 Å². The number of hydrogen-bond acceptors (Lipinski definition) is 9. The second-order valence-corrected chi connectivity index (χ2v) is 11.6. The first-order valence-corrected chi connectivity index (χ1v) is 15.0. The molecule has 1 atom stereocenters. The summed E-state index contributed by atoms with van der Waals surface area (Å²) < 4.78 is 13.4. The van der Waals surface area contributed by atoms with E-state index >= 15 is 0 Å². The van der Waals surface area contributed by atoms with E-state index in [0.29, 0.717) is 46.5 Å². The van der Waals surface area contributed by atoms with Crippen molar-refractivity contribution in [3.63, 3.8) is 0 Å². The minimum absolute atomic E-state index is 0.0239. The van der Waals surface area contributed by atoms with Crippen molar-refractivity contribution in [2.45, 2.75) is 31.6 Å². The number of ether oxygens (including phenoxy) is 1. The second kappa shape index (κ2) is 11.3. The van der Waals surface area contributed by atoms with Crippen molar-refractivity contribution in [3.8, 4) is 28.7 Å². The normalized spacial score (nSPS) is 13.3. The van der Waals surface area contributed by atoms with Crippen molar-refractivity contribution in [2.24, 2.45) is 0 Å². The number of carbonyl (C=O) groups is 1. The molecule has 5 rings (SSSR count). The first-order valence-electron chi connectivity index (χ1n) is 12.5. The third-order valence-corrected chi connectivity index (χ3v) is 7.98. The molecule has 1 amide bonds. The van der Waals surface area contributed by atoms with Gasteiger partial charge in [0.2, 0.25) is 5.95 Å². The third kappa shape index (κ3) is 6.05. The van der Waals surface area contributed by atoms with E-state index in [1.165, 1.54) is 6.33 Å². The molecule has 0 radical (unpaired) electrons. The van der Waals surface area contributed by atoms with Crippen LogP contribution in [0.5, 0.6) is 11.5 Å². The van der Waals surface area contributed by atoms with Crippen molar-refractivity contribution < 1.29 is 14.0 Å². The van der Waals surface area contributed by atoms with Crippen molar-refractivity contribution in [2.75, 3.05) is 19.5 Å². The molecular weight excluding hydrogens is 512 g/mol. The number of hydrogen-bond donors (Lipinski definition) is 1. The summed E-state index contributed by atoms with van der Waals surface area (Å²) in [6.07, 6.45) is 9.27. The maximum absolute atomic E-state index is 12.7. The van der Waals surface area contributed by atoms with E-state index in [2.05, 4.69) is 31.4 Å². The maximum atomic E-state index is 12.7. The van der Waals surface area contributed by atoms with Crippen molar-refractivity contribution >= 4 is 26.6 Å². The third-order valence-electron chi connectivity index (χ3n) is 6.44. The summed E-state index contributed by atoms with van der Waals surface area (Å²) in [5.74, 6) is 1.41. The number of nitrogens with one attached hydrogen (secondary N) is 1. The number of aromatic nitrogens is 5. The lowest BCUT2D eigenvalue weighted by Gasteiger charge is -2.18. The zero-order chi connectivity index (χ0) is 27.4. The molecule has 0 aliphatic heterocycles. The number of benzene rings is 2. The number of rotatable bonds is 10. The lowest BCUT2D eigenvalue weighted by atomic mass is 10.1. The molecule has 11 nitrogen and oxygen atoms in total. The lowest BCUT2D eigenvalue weighted by Crippen LogP contribution is -2.28. The molecule has 1 N–H and O–H groups in total. The largest absolute Gasteiger partial charge is 0.544 e. The molecular formula is C27H28N8O3Si.